The lowest BCUT2D eigenvalue weighted by molar-refractivity contribution is -0.159. The second-order valence-electron chi connectivity index (χ2n) is 13.3. The Labute approximate surface area is 262 Å². The molecule has 2 aromatic carbocycles. The van der Waals surface area contributed by atoms with Crippen LogP contribution in [0.25, 0.3) is 0 Å². The highest BCUT2D eigenvalue weighted by Crippen LogP contribution is 2.27. The number of rotatable bonds is 10. The molecular weight excluding hydrogens is 558 g/mol. The third-order valence-corrected chi connectivity index (χ3v) is 6.50. The lowest BCUT2D eigenvalue weighted by Crippen LogP contribution is -2.55. The molecule has 238 valence electrons. The van der Waals surface area contributed by atoms with Crippen LogP contribution < -0.4 is 10.6 Å². The zero-order valence-corrected chi connectivity index (χ0v) is 27.6. The van der Waals surface area contributed by atoms with Gasteiger partial charge in [-0.2, -0.15) is 0 Å². The number of carbonyl (C=O) groups excluding carboxylic acids is 4. The van der Waals surface area contributed by atoms with Crippen LogP contribution >= 0.6 is 0 Å². The van der Waals surface area contributed by atoms with Crippen LogP contribution in [0.3, 0.4) is 0 Å². The van der Waals surface area contributed by atoms with Crippen molar-refractivity contribution in [2.45, 2.75) is 105 Å². The number of esters is 1. The number of nitrogens with zero attached hydrogens (tertiary/aromatic N) is 1. The van der Waals surface area contributed by atoms with Crippen molar-refractivity contribution in [2.24, 2.45) is 5.92 Å². The molecule has 44 heavy (non-hydrogen) atoms. The molecule has 0 heterocycles. The summed E-state index contributed by atoms with van der Waals surface area (Å²) in [6.07, 6.45) is 5.30. The average Bonchev–Trinajstić information content (AvgIpc) is 2.88. The molecule has 0 fully saturated rings. The fraction of sp³-hybridized carbons (Fsp3) is 0.486. The molecule has 0 aliphatic carbocycles. The molecule has 3 unspecified atom stereocenters. The highest BCUT2D eigenvalue weighted by atomic mass is 16.6. The van der Waals surface area contributed by atoms with Gasteiger partial charge >= 0.3 is 12.1 Å². The van der Waals surface area contributed by atoms with Crippen molar-refractivity contribution in [2.75, 3.05) is 0 Å². The molecule has 3 amide bonds. The third-order valence-electron chi connectivity index (χ3n) is 6.50. The lowest BCUT2D eigenvalue weighted by atomic mass is 9.95. The van der Waals surface area contributed by atoms with Crippen molar-refractivity contribution in [3.05, 3.63) is 70.8 Å². The van der Waals surface area contributed by atoms with Gasteiger partial charge in [-0.15, -0.1) is 0 Å². The number of terminal acetylenes is 1. The number of amides is 3. The first-order valence-electron chi connectivity index (χ1n) is 14.8. The van der Waals surface area contributed by atoms with Gasteiger partial charge in [0.2, 0.25) is 5.91 Å². The van der Waals surface area contributed by atoms with Crippen LogP contribution in [-0.2, 0) is 30.3 Å². The molecule has 9 nitrogen and oxygen atoms in total. The van der Waals surface area contributed by atoms with E-state index in [9.17, 15) is 19.2 Å². The van der Waals surface area contributed by atoms with Crippen molar-refractivity contribution in [1.82, 2.24) is 15.5 Å². The highest BCUT2D eigenvalue weighted by molar-refractivity contribution is 5.95. The fourth-order valence-corrected chi connectivity index (χ4v) is 4.56. The van der Waals surface area contributed by atoms with Crippen molar-refractivity contribution in [3.63, 3.8) is 0 Å². The first-order chi connectivity index (χ1) is 20.3. The molecule has 3 atom stereocenters. The number of benzene rings is 2. The number of alkyl carbamates (subject to hydrolysis) is 1. The summed E-state index contributed by atoms with van der Waals surface area (Å²) >= 11 is 0. The summed E-state index contributed by atoms with van der Waals surface area (Å²) in [6, 6.07) is 13.5. The molecule has 0 aromatic heterocycles. The number of nitrogens with one attached hydrogen (secondary N) is 2. The van der Waals surface area contributed by atoms with E-state index in [1.807, 2.05) is 56.3 Å². The maximum atomic E-state index is 14.2. The predicted molar refractivity (Wildman–Crippen MR) is 170 cm³/mol. The summed E-state index contributed by atoms with van der Waals surface area (Å²) < 4.78 is 11.0. The molecule has 2 N–H and O–H groups in total. The first-order valence-corrected chi connectivity index (χ1v) is 14.8. The van der Waals surface area contributed by atoms with Crippen LogP contribution in [0.2, 0.25) is 0 Å². The zero-order chi connectivity index (χ0) is 33.4. The Morgan fingerprint density at radius 3 is 1.98 bits per heavy atom. The zero-order valence-electron chi connectivity index (χ0n) is 27.6. The van der Waals surface area contributed by atoms with E-state index in [-0.39, 0.29) is 6.42 Å². The summed E-state index contributed by atoms with van der Waals surface area (Å²) in [5.74, 6) is -2.37. The van der Waals surface area contributed by atoms with Crippen molar-refractivity contribution in [1.29, 1.82) is 0 Å². The van der Waals surface area contributed by atoms with Crippen LogP contribution in [0.1, 0.15) is 83.7 Å². The van der Waals surface area contributed by atoms with E-state index in [0.29, 0.717) is 5.56 Å². The second kappa shape index (κ2) is 14.9. The fourth-order valence-electron chi connectivity index (χ4n) is 4.56. The molecule has 0 saturated carbocycles. The van der Waals surface area contributed by atoms with Crippen LogP contribution in [0, 0.1) is 32.2 Å². The Kier molecular flexibility index (Phi) is 12.2. The molecule has 0 bridgehead atoms. The Balaban J connectivity index is 2.58. The van der Waals surface area contributed by atoms with Gasteiger partial charge in [0, 0.05) is 12.5 Å². The van der Waals surface area contributed by atoms with Gasteiger partial charge in [0.15, 0.2) is 0 Å². The number of aryl methyl sites for hydroxylation is 2. The van der Waals surface area contributed by atoms with Gasteiger partial charge in [-0.05, 0) is 78.0 Å². The Morgan fingerprint density at radius 1 is 0.886 bits per heavy atom. The van der Waals surface area contributed by atoms with E-state index in [1.54, 1.807) is 61.5 Å². The van der Waals surface area contributed by atoms with E-state index < -0.39 is 59.1 Å². The number of hydrogen-bond donors (Lipinski definition) is 2. The number of carbonyl (C=O) groups is 4. The standard InChI is InChI=1S/C35H47N3O6/c1-12-38(31(40)28(22(2)3)37-33(42)44-35(9,10)11)29(26-19-18-23(4)20-24(26)5)30(39)36-27(32(41)43-34(6,7)8)21-25-16-14-13-15-17-25/h1,13-20,22,27-29H,21H2,2-11H3,(H,36,39)(H,37,42). The van der Waals surface area contributed by atoms with Crippen LogP contribution in [0.5, 0.6) is 0 Å². The topological polar surface area (TPSA) is 114 Å². The molecule has 2 rings (SSSR count). The third kappa shape index (κ3) is 10.7. The predicted octanol–water partition coefficient (Wildman–Crippen LogP) is 5.38. The molecule has 0 saturated heterocycles. The van der Waals surface area contributed by atoms with E-state index in [0.717, 1.165) is 21.6 Å². The monoisotopic (exact) mass is 605 g/mol. The van der Waals surface area contributed by atoms with E-state index in [1.165, 1.54) is 0 Å². The number of hydrogen-bond acceptors (Lipinski definition) is 6. The van der Waals surface area contributed by atoms with E-state index in [4.69, 9.17) is 15.9 Å². The van der Waals surface area contributed by atoms with E-state index >= 15 is 0 Å². The summed E-state index contributed by atoms with van der Waals surface area (Å²) in [5, 5.41) is 5.44. The molecular formula is C35H47N3O6. The van der Waals surface area contributed by atoms with Gasteiger partial charge in [-0.25, -0.2) is 9.59 Å². The van der Waals surface area contributed by atoms with Gasteiger partial charge in [0.1, 0.15) is 29.3 Å². The van der Waals surface area contributed by atoms with Gasteiger partial charge in [0.25, 0.3) is 5.91 Å². The minimum Gasteiger partial charge on any atom is -0.458 e. The molecule has 0 aliphatic rings. The Bertz CT molecular complexity index is 1370. The normalized spacial score (nSPS) is 13.6. The molecule has 0 radical (unpaired) electrons. The van der Waals surface area contributed by atoms with Crippen LogP contribution in [0.15, 0.2) is 48.5 Å². The quantitative estimate of drug-likeness (QED) is 0.214. The molecule has 0 aliphatic heterocycles. The largest absolute Gasteiger partial charge is 0.458 e. The van der Waals surface area contributed by atoms with Crippen molar-refractivity contribution < 1.29 is 28.7 Å². The van der Waals surface area contributed by atoms with Gasteiger partial charge in [-0.1, -0.05) is 74.4 Å². The average molecular weight is 606 g/mol. The molecule has 9 heteroatoms. The first kappa shape index (κ1) is 35.9. The minimum absolute atomic E-state index is 0.153. The van der Waals surface area contributed by atoms with Gasteiger partial charge < -0.3 is 20.1 Å². The van der Waals surface area contributed by atoms with Crippen molar-refractivity contribution in [3.8, 4) is 12.5 Å². The number of ether oxygens (including phenoxy) is 2. The van der Waals surface area contributed by atoms with Crippen LogP contribution in [-0.4, -0.2) is 52.1 Å². The van der Waals surface area contributed by atoms with E-state index in [2.05, 4.69) is 16.7 Å². The SMILES string of the molecule is C#CN(C(=O)C(NC(=O)OC(C)(C)C)C(C)C)C(C(=O)NC(Cc1ccccc1)C(=O)OC(C)(C)C)c1ccc(C)cc1C. The highest BCUT2D eigenvalue weighted by Gasteiger charge is 2.39. The lowest BCUT2D eigenvalue weighted by Gasteiger charge is -2.33. The Morgan fingerprint density at radius 2 is 1.48 bits per heavy atom. The molecule has 0 spiro atoms. The van der Waals surface area contributed by atoms with Crippen molar-refractivity contribution >= 4 is 23.9 Å². The van der Waals surface area contributed by atoms with Gasteiger partial charge in [0.05, 0.1) is 0 Å². The summed E-state index contributed by atoms with van der Waals surface area (Å²) in [5.41, 5.74) is 1.35. The second-order valence-corrected chi connectivity index (χ2v) is 13.3. The molecule has 2 aromatic rings. The summed E-state index contributed by atoms with van der Waals surface area (Å²) in [4.78, 5) is 55.3. The van der Waals surface area contributed by atoms with Crippen LogP contribution in [0.4, 0.5) is 4.79 Å². The summed E-state index contributed by atoms with van der Waals surface area (Å²) in [7, 11) is 0. The summed E-state index contributed by atoms with van der Waals surface area (Å²) in [6.45, 7) is 17.6. The maximum absolute atomic E-state index is 14.2. The minimum atomic E-state index is -1.32. The Hall–Kier alpha value is -4.32. The van der Waals surface area contributed by atoms with Gasteiger partial charge in [-0.3, -0.25) is 14.5 Å². The maximum Gasteiger partial charge on any atom is 0.408 e. The smallest absolute Gasteiger partial charge is 0.408 e.